The molecular weight excluding hydrogens is 399 g/mol. The molecule has 0 heterocycles. The number of hydrogen-bond acceptors (Lipinski definition) is 9. The van der Waals surface area contributed by atoms with E-state index in [-0.39, 0.29) is 4.90 Å². The molecule has 0 aliphatic heterocycles. The van der Waals surface area contributed by atoms with Crippen molar-refractivity contribution < 1.29 is 41.1 Å². The van der Waals surface area contributed by atoms with Gasteiger partial charge in [0, 0.05) is 14.2 Å². The van der Waals surface area contributed by atoms with E-state index >= 15 is 0 Å². The van der Waals surface area contributed by atoms with Crippen LogP contribution in [0.2, 0.25) is 0 Å². The number of aryl methyl sites for hydroxylation is 1. The van der Waals surface area contributed by atoms with Gasteiger partial charge >= 0.3 is 19.5 Å². The number of rotatable bonds is 8. The predicted octanol–water partition coefficient (Wildman–Crippen LogP) is 2.07. The van der Waals surface area contributed by atoms with Crippen LogP contribution in [0.4, 0.5) is 0 Å². The third-order valence-corrected chi connectivity index (χ3v) is 7.50. The van der Waals surface area contributed by atoms with E-state index in [9.17, 15) is 22.6 Å². The molecular formula is C16H21O9PS. The van der Waals surface area contributed by atoms with E-state index in [1.807, 2.05) is 6.92 Å². The van der Waals surface area contributed by atoms with Crippen molar-refractivity contribution in [2.75, 3.05) is 28.4 Å². The predicted molar refractivity (Wildman–Crippen MR) is 95.7 cm³/mol. The van der Waals surface area contributed by atoms with Gasteiger partial charge in [-0.15, -0.1) is 0 Å². The van der Waals surface area contributed by atoms with Gasteiger partial charge in [-0.05, 0) is 24.1 Å². The lowest BCUT2D eigenvalue weighted by molar-refractivity contribution is -0.138. The molecule has 0 spiro atoms. The van der Waals surface area contributed by atoms with Gasteiger partial charge < -0.3 is 18.5 Å². The Morgan fingerprint density at radius 2 is 1.41 bits per heavy atom. The molecule has 150 valence electrons. The van der Waals surface area contributed by atoms with Crippen molar-refractivity contribution in [1.29, 1.82) is 0 Å². The van der Waals surface area contributed by atoms with E-state index in [0.29, 0.717) is 6.42 Å². The van der Waals surface area contributed by atoms with Crippen LogP contribution in [0, 0.1) is 0 Å². The maximum absolute atomic E-state index is 13.1. The maximum Gasteiger partial charge on any atom is 0.369 e. The lowest BCUT2D eigenvalue weighted by atomic mass is 10.2. The summed E-state index contributed by atoms with van der Waals surface area (Å²) in [6.07, 6.45) is 0.663. The minimum absolute atomic E-state index is 0.305. The average molecular weight is 420 g/mol. The minimum Gasteiger partial charge on any atom is -0.465 e. The van der Waals surface area contributed by atoms with Crippen LogP contribution in [0.5, 0.6) is 0 Å². The van der Waals surface area contributed by atoms with Crippen LogP contribution in [-0.4, -0.2) is 48.8 Å². The molecule has 11 heteroatoms. The molecule has 0 saturated carbocycles. The fourth-order valence-corrected chi connectivity index (χ4v) is 5.37. The first-order chi connectivity index (χ1) is 12.6. The summed E-state index contributed by atoms with van der Waals surface area (Å²) in [5.74, 6) is -2.78. The van der Waals surface area contributed by atoms with Gasteiger partial charge in [-0.2, -0.15) is 0 Å². The highest BCUT2D eigenvalue weighted by atomic mass is 32.2. The largest absolute Gasteiger partial charge is 0.465 e. The molecule has 0 aliphatic rings. The van der Waals surface area contributed by atoms with Crippen LogP contribution >= 0.6 is 7.60 Å². The molecule has 0 radical (unpaired) electrons. The number of esters is 2. The van der Waals surface area contributed by atoms with E-state index in [1.54, 1.807) is 12.1 Å². The Bertz CT molecular complexity index is 877. The number of ether oxygens (including phenoxy) is 2. The normalized spacial score (nSPS) is 12.9. The van der Waals surface area contributed by atoms with Crippen molar-refractivity contribution >= 4 is 29.4 Å². The molecule has 0 aromatic heterocycles. The summed E-state index contributed by atoms with van der Waals surface area (Å²) in [7, 11) is -5.41. The van der Waals surface area contributed by atoms with Crippen molar-refractivity contribution in [2.45, 2.75) is 18.2 Å². The fraction of sp³-hybridized carbons (Fsp3) is 0.375. The highest BCUT2D eigenvalue weighted by Crippen LogP contribution is 2.57. The summed E-state index contributed by atoms with van der Waals surface area (Å²) in [5.41, 5.74) is 0.852. The number of methoxy groups -OCH3 is 2. The molecule has 9 nitrogen and oxygen atoms in total. The van der Waals surface area contributed by atoms with Gasteiger partial charge in [-0.3, -0.25) is 4.57 Å². The topological polar surface area (TPSA) is 122 Å². The second-order valence-electron chi connectivity index (χ2n) is 5.02. The van der Waals surface area contributed by atoms with Gasteiger partial charge in [0.1, 0.15) is 0 Å². The molecule has 0 bridgehead atoms. The summed E-state index contributed by atoms with van der Waals surface area (Å²) in [6.45, 7) is 1.88. The number of sulfone groups is 1. The monoisotopic (exact) mass is 420 g/mol. The van der Waals surface area contributed by atoms with Crippen LogP contribution in [-0.2, 0) is 48.9 Å². The summed E-state index contributed by atoms with van der Waals surface area (Å²) < 4.78 is 57.4. The zero-order chi connectivity index (χ0) is 20.8. The summed E-state index contributed by atoms with van der Waals surface area (Å²) >= 11 is 0. The number of hydrogen-bond donors (Lipinski definition) is 0. The molecule has 1 aromatic carbocycles. The Balaban J connectivity index is 3.94. The number of benzene rings is 1. The molecule has 0 amide bonds. The Morgan fingerprint density at radius 3 is 1.78 bits per heavy atom. The SMILES string of the molecule is CCc1ccc(S(=O)(=O)/C(C(=O)OC)=C(\C(=O)OC)P(=O)(OC)OC)cc1. The zero-order valence-corrected chi connectivity index (χ0v) is 17.3. The first-order valence-corrected chi connectivity index (χ1v) is 10.6. The molecule has 0 N–H and O–H groups in total. The Kier molecular flexibility index (Phi) is 7.91. The molecule has 0 atom stereocenters. The smallest absolute Gasteiger partial charge is 0.369 e. The lowest BCUT2D eigenvalue weighted by Crippen LogP contribution is -2.22. The average Bonchev–Trinajstić information content (AvgIpc) is 2.69. The molecule has 0 fully saturated rings. The van der Waals surface area contributed by atoms with E-state index in [0.717, 1.165) is 34.0 Å². The van der Waals surface area contributed by atoms with Gasteiger partial charge in [-0.25, -0.2) is 18.0 Å². The van der Waals surface area contributed by atoms with Crippen molar-refractivity contribution in [3.8, 4) is 0 Å². The maximum atomic E-state index is 13.1. The molecule has 0 unspecified atom stereocenters. The molecule has 27 heavy (non-hydrogen) atoms. The standard InChI is InChI=1S/C16H21O9PS/c1-6-11-7-9-12(10-8-11)27(20,21)14(16(18)23-3)13(15(17)22-2)26(19,24-4)25-5/h7-10H,6H2,1-5H3/b14-13+. The Labute approximate surface area is 157 Å². The second-order valence-corrected chi connectivity index (χ2v) is 9.08. The van der Waals surface area contributed by atoms with E-state index in [2.05, 4.69) is 9.47 Å². The molecule has 0 saturated heterocycles. The first kappa shape index (κ1) is 23.0. The van der Waals surface area contributed by atoms with Gasteiger partial charge in [0.2, 0.25) is 9.84 Å². The summed E-state index contributed by atoms with van der Waals surface area (Å²) in [5, 5.41) is -1.07. The van der Waals surface area contributed by atoms with Crippen molar-refractivity contribution in [3.63, 3.8) is 0 Å². The van der Waals surface area contributed by atoms with Gasteiger partial charge in [0.05, 0.1) is 19.1 Å². The number of carbonyl (C=O) groups is 2. The number of carbonyl (C=O) groups excluding carboxylic acids is 2. The first-order valence-electron chi connectivity index (χ1n) is 7.59. The van der Waals surface area contributed by atoms with Gasteiger partial charge in [0.25, 0.3) is 0 Å². The van der Waals surface area contributed by atoms with Gasteiger partial charge in [-0.1, -0.05) is 19.1 Å². The van der Waals surface area contributed by atoms with E-state index in [4.69, 9.17) is 9.05 Å². The highest BCUT2D eigenvalue weighted by molar-refractivity contribution is 7.96. The van der Waals surface area contributed by atoms with Crippen LogP contribution in [0.1, 0.15) is 12.5 Å². The van der Waals surface area contributed by atoms with E-state index < -0.39 is 39.6 Å². The van der Waals surface area contributed by atoms with Crippen LogP contribution in [0.15, 0.2) is 39.4 Å². The molecule has 1 rings (SSSR count). The quantitative estimate of drug-likeness (QED) is 0.353. The van der Waals surface area contributed by atoms with Crippen molar-refractivity contribution in [1.82, 2.24) is 0 Å². The Morgan fingerprint density at radius 1 is 0.926 bits per heavy atom. The summed E-state index contributed by atoms with van der Waals surface area (Å²) in [6, 6.07) is 5.62. The molecule has 0 aliphatic carbocycles. The van der Waals surface area contributed by atoms with Crippen molar-refractivity contribution in [3.05, 3.63) is 40.0 Å². The third kappa shape index (κ3) is 4.65. The zero-order valence-electron chi connectivity index (χ0n) is 15.5. The minimum atomic E-state index is -4.62. The summed E-state index contributed by atoms with van der Waals surface area (Å²) in [4.78, 5) is 23.0. The van der Waals surface area contributed by atoms with E-state index in [1.165, 1.54) is 12.1 Å². The molecule has 1 aromatic rings. The van der Waals surface area contributed by atoms with Crippen LogP contribution < -0.4 is 0 Å². The third-order valence-electron chi connectivity index (χ3n) is 3.63. The highest BCUT2D eigenvalue weighted by Gasteiger charge is 2.45. The van der Waals surface area contributed by atoms with Crippen LogP contribution in [0.3, 0.4) is 0 Å². The fourth-order valence-electron chi connectivity index (χ4n) is 2.13. The van der Waals surface area contributed by atoms with Crippen LogP contribution in [0.25, 0.3) is 0 Å². The van der Waals surface area contributed by atoms with Gasteiger partial charge in [0.15, 0.2) is 10.2 Å². The second kappa shape index (κ2) is 9.27. The van der Waals surface area contributed by atoms with Crippen molar-refractivity contribution in [2.24, 2.45) is 0 Å². The lowest BCUT2D eigenvalue weighted by Gasteiger charge is -2.19. The Hall–Kier alpha value is -2.00.